The normalized spacial score (nSPS) is 20.2. The number of H-pyrrole nitrogens is 1. The maximum Gasteiger partial charge on any atom is 0.265 e. The minimum atomic E-state index is -1.90. The van der Waals surface area contributed by atoms with Gasteiger partial charge in [-0.15, -0.1) is 0 Å². The fraction of sp³-hybridized carbons (Fsp3) is 0.118. The number of aromatic amines is 1. The molecule has 22 heavy (non-hydrogen) atoms. The van der Waals surface area contributed by atoms with E-state index in [9.17, 15) is 14.3 Å². The monoisotopic (exact) mass is 296 g/mol. The maximum atomic E-state index is 13.6. The number of carbonyl (C=O) groups is 1. The molecule has 1 aliphatic heterocycles. The van der Waals surface area contributed by atoms with Crippen LogP contribution in [-0.2, 0) is 10.4 Å². The summed E-state index contributed by atoms with van der Waals surface area (Å²) in [5, 5.41) is 14.5. The Bertz CT molecular complexity index is 932. The van der Waals surface area contributed by atoms with Gasteiger partial charge in [0, 0.05) is 33.4 Å². The lowest BCUT2D eigenvalue weighted by Gasteiger charge is -2.22. The van der Waals surface area contributed by atoms with Gasteiger partial charge < -0.3 is 15.4 Å². The fourth-order valence-corrected chi connectivity index (χ4v) is 3.25. The molecule has 1 atom stereocenters. The molecule has 0 spiro atoms. The number of carbonyl (C=O) groups excluding carboxylic acids is 1. The summed E-state index contributed by atoms with van der Waals surface area (Å²) >= 11 is 0. The van der Waals surface area contributed by atoms with E-state index < -0.39 is 17.3 Å². The zero-order valence-corrected chi connectivity index (χ0v) is 11.8. The zero-order chi connectivity index (χ0) is 15.5. The molecule has 1 aliphatic rings. The second kappa shape index (κ2) is 4.18. The van der Waals surface area contributed by atoms with Gasteiger partial charge in [-0.3, -0.25) is 4.79 Å². The van der Waals surface area contributed by atoms with E-state index in [0.717, 1.165) is 10.9 Å². The molecular weight excluding hydrogens is 283 g/mol. The van der Waals surface area contributed by atoms with Crippen LogP contribution in [0.25, 0.3) is 10.9 Å². The topological polar surface area (TPSA) is 65.1 Å². The number of benzene rings is 2. The third kappa shape index (κ3) is 1.51. The van der Waals surface area contributed by atoms with Gasteiger partial charge in [0.1, 0.15) is 5.82 Å². The van der Waals surface area contributed by atoms with Gasteiger partial charge in [0.05, 0.1) is 0 Å². The van der Waals surface area contributed by atoms with Crippen LogP contribution in [0.3, 0.4) is 0 Å². The van der Waals surface area contributed by atoms with E-state index in [0.29, 0.717) is 16.9 Å². The molecule has 0 unspecified atom stereocenters. The number of aromatic nitrogens is 1. The average Bonchev–Trinajstić information content (AvgIpc) is 2.95. The molecule has 1 aromatic heterocycles. The van der Waals surface area contributed by atoms with Gasteiger partial charge >= 0.3 is 0 Å². The van der Waals surface area contributed by atoms with E-state index >= 15 is 0 Å². The lowest BCUT2D eigenvalue weighted by molar-refractivity contribution is -0.129. The number of nitrogens with one attached hydrogen (secondary N) is 2. The van der Waals surface area contributed by atoms with E-state index in [1.807, 2.05) is 24.3 Å². The molecule has 5 heteroatoms. The van der Waals surface area contributed by atoms with Crippen molar-refractivity contribution in [1.29, 1.82) is 0 Å². The third-order valence-corrected chi connectivity index (χ3v) is 4.20. The quantitative estimate of drug-likeness (QED) is 0.646. The number of para-hydroxylation sites is 1. The van der Waals surface area contributed by atoms with Gasteiger partial charge in [0.25, 0.3) is 5.91 Å². The summed E-state index contributed by atoms with van der Waals surface area (Å²) < 4.78 is 13.6. The minimum absolute atomic E-state index is 0.241. The maximum absolute atomic E-state index is 13.6. The zero-order valence-electron chi connectivity index (χ0n) is 11.8. The first-order valence-electron chi connectivity index (χ1n) is 6.93. The number of amides is 1. The number of aliphatic hydroxyl groups is 1. The van der Waals surface area contributed by atoms with Crippen LogP contribution in [0.15, 0.2) is 42.5 Å². The number of halogens is 1. The Kier molecular flexibility index (Phi) is 2.47. The molecule has 0 saturated carbocycles. The summed E-state index contributed by atoms with van der Waals surface area (Å²) in [6, 6.07) is 11.3. The molecule has 0 radical (unpaired) electrons. The molecule has 3 N–H and O–H groups in total. The van der Waals surface area contributed by atoms with Crippen LogP contribution < -0.4 is 5.32 Å². The summed E-state index contributed by atoms with van der Waals surface area (Å²) in [4.78, 5) is 15.6. The standard InChI is InChI=1S/C17H13FN2O2/c1-9-15(11-4-2-3-5-13(11)19-9)17(22)12-8-10(18)6-7-14(12)20-16(17)21/h2-8,19,22H,1H3,(H,20,21)/t17-/m1/s1. The predicted octanol–water partition coefficient (Wildman–Crippen LogP) is 2.80. The van der Waals surface area contributed by atoms with Gasteiger partial charge in [-0.1, -0.05) is 18.2 Å². The molecule has 0 aliphatic carbocycles. The van der Waals surface area contributed by atoms with Gasteiger partial charge in [0.2, 0.25) is 0 Å². The highest BCUT2D eigenvalue weighted by Gasteiger charge is 2.49. The second-order valence-corrected chi connectivity index (χ2v) is 5.53. The van der Waals surface area contributed by atoms with Crippen LogP contribution in [0, 0.1) is 12.7 Å². The van der Waals surface area contributed by atoms with E-state index in [1.165, 1.54) is 18.2 Å². The second-order valence-electron chi connectivity index (χ2n) is 5.53. The van der Waals surface area contributed by atoms with Crippen molar-refractivity contribution in [3.63, 3.8) is 0 Å². The lowest BCUT2D eigenvalue weighted by Crippen LogP contribution is -2.35. The van der Waals surface area contributed by atoms with Crippen molar-refractivity contribution in [2.75, 3.05) is 5.32 Å². The Morgan fingerprint density at radius 3 is 2.77 bits per heavy atom. The van der Waals surface area contributed by atoms with Gasteiger partial charge in [-0.2, -0.15) is 0 Å². The van der Waals surface area contributed by atoms with E-state index in [4.69, 9.17) is 0 Å². The first-order chi connectivity index (χ1) is 10.5. The van der Waals surface area contributed by atoms with E-state index in [-0.39, 0.29) is 5.56 Å². The molecule has 4 rings (SSSR count). The smallest absolute Gasteiger partial charge is 0.265 e. The van der Waals surface area contributed by atoms with Crippen molar-refractivity contribution < 1.29 is 14.3 Å². The van der Waals surface area contributed by atoms with Crippen LogP contribution in [0.2, 0.25) is 0 Å². The molecular formula is C17H13FN2O2. The molecule has 2 heterocycles. The highest BCUT2D eigenvalue weighted by atomic mass is 19.1. The number of hydrogen-bond donors (Lipinski definition) is 3. The van der Waals surface area contributed by atoms with Crippen molar-refractivity contribution in [2.45, 2.75) is 12.5 Å². The van der Waals surface area contributed by atoms with Gasteiger partial charge in [-0.05, 0) is 31.2 Å². The van der Waals surface area contributed by atoms with Crippen molar-refractivity contribution in [1.82, 2.24) is 4.98 Å². The number of rotatable bonds is 1. The van der Waals surface area contributed by atoms with Crippen molar-refractivity contribution in [3.8, 4) is 0 Å². The third-order valence-electron chi connectivity index (χ3n) is 4.20. The Balaban J connectivity index is 2.08. The molecule has 0 bridgehead atoms. The highest BCUT2D eigenvalue weighted by molar-refractivity contribution is 6.09. The van der Waals surface area contributed by atoms with Crippen molar-refractivity contribution >= 4 is 22.5 Å². The van der Waals surface area contributed by atoms with Crippen molar-refractivity contribution in [2.24, 2.45) is 0 Å². The lowest BCUT2D eigenvalue weighted by atomic mass is 9.85. The van der Waals surface area contributed by atoms with Crippen LogP contribution in [0.1, 0.15) is 16.8 Å². The summed E-state index contributed by atoms with van der Waals surface area (Å²) in [5.41, 5.74) is 0.729. The van der Waals surface area contributed by atoms with Crippen LogP contribution in [0.4, 0.5) is 10.1 Å². The van der Waals surface area contributed by atoms with Crippen molar-refractivity contribution in [3.05, 3.63) is 65.1 Å². The number of aryl methyl sites for hydroxylation is 1. The van der Waals surface area contributed by atoms with E-state index in [1.54, 1.807) is 6.92 Å². The summed E-state index contributed by atoms with van der Waals surface area (Å²) in [5.74, 6) is -1.06. The summed E-state index contributed by atoms with van der Waals surface area (Å²) in [7, 11) is 0. The van der Waals surface area contributed by atoms with Gasteiger partial charge in [0.15, 0.2) is 5.60 Å². The van der Waals surface area contributed by atoms with Crippen LogP contribution in [0.5, 0.6) is 0 Å². The Labute approximate surface area is 125 Å². The number of anilines is 1. The first-order valence-corrected chi connectivity index (χ1v) is 6.93. The first kappa shape index (κ1) is 13.0. The highest BCUT2D eigenvalue weighted by Crippen LogP contribution is 2.44. The molecule has 2 aromatic carbocycles. The predicted molar refractivity (Wildman–Crippen MR) is 81.1 cm³/mol. The fourth-order valence-electron chi connectivity index (χ4n) is 3.25. The largest absolute Gasteiger partial charge is 0.372 e. The Hall–Kier alpha value is -2.66. The SMILES string of the molecule is Cc1[nH]c2ccccc2c1[C@@]1(O)C(=O)Nc2ccc(F)cc21. The average molecular weight is 296 g/mol. The molecule has 1 amide bonds. The molecule has 3 aromatic rings. The Morgan fingerprint density at radius 2 is 1.95 bits per heavy atom. The molecule has 4 nitrogen and oxygen atoms in total. The van der Waals surface area contributed by atoms with Crippen LogP contribution in [-0.4, -0.2) is 16.0 Å². The number of hydrogen-bond acceptors (Lipinski definition) is 2. The summed E-state index contributed by atoms with van der Waals surface area (Å²) in [6.07, 6.45) is 0. The molecule has 0 saturated heterocycles. The number of fused-ring (bicyclic) bond motifs is 2. The van der Waals surface area contributed by atoms with E-state index in [2.05, 4.69) is 10.3 Å². The Morgan fingerprint density at radius 1 is 1.18 bits per heavy atom. The minimum Gasteiger partial charge on any atom is -0.372 e. The van der Waals surface area contributed by atoms with Gasteiger partial charge in [-0.25, -0.2) is 4.39 Å². The van der Waals surface area contributed by atoms with Crippen LogP contribution >= 0.6 is 0 Å². The molecule has 110 valence electrons. The summed E-state index contributed by atoms with van der Waals surface area (Å²) in [6.45, 7) is 1.79. The molecule has 0 fully saturated rings.